The Labute approximate surface area is 177 Å². The Morgan fingerprint density at radius 1 is 0.577 bits per heavy atom. The Morgan fingerprint density at radius 2 is 0.808 bits per heavy atom. The molecular formula is C22H42O4. The van der Waals surface area contributed by atoms with Gasteiger partial charge in [-0.15, -0.1) is 0 Å². The summed E-state index contributed by atoms with van der Waals surface area (Å²) in [6, 6.07) is 0. The van der Waals surface area contributed by atoms with Crippen molar-refractivity contribution in [3.63, 3.8) is 0 Å². The Kier molecular flexibility index (Phi) is 5.60. The fraction of sp³-hybridized carbons (Fsp3) is 0.909. The normalized spacial score (nSPS) is 21.1. The summed E-state index contributed by atoms with van der Waals surface area (Å²) in [4.78, 5) is 23.3. The van der Waals surface area contributed by atoms with Gasteiger partial charge in [0.2, 0.25) is 0 Å². The van der Waals surface area contributed by atoms with Crippen LogP contribution in [-0.2, 0) is 9.59 Å². The minimum atomic E-state index is -3.14. The summed E-state index contributed by atoms with van der Waals surface area (Å²) < 4.78 is 90.1. The molecule has 0 aliphatic carbocycles. The molecule has 2 N–H and O–H groups in total. The Morgan fingerprint density at radius 3 is 1.00 bits per heavy atom. The van der Waals surface area contributed by atoms with E-state index in [1.165, 1.54) is 0 Å². The van der Waals surface area contributed by atoms with Crippen molar-refractivity contribution in [2.45, 2.75) is 117 Å². The topological polar surface area (TPSA) is 74.6 Å². The van der Waals surface area contributed by atoms with E-state index in [-0.39, 0.29) is 12.8 Å². The SMILES string of the molecule is [2H]C([2H])([2H])C(CCCCCCCCCCCCCCC(C(=O)O)(C([2H])([2H])[2H])C([2H])([2H])[2H])(C(=O)O)C([2H])([2H])[2H]. The van der Waals surface area contributed by atoms with Gasteiger partial charge in [-0.3, -0.25) is 9.59 Å². The Balaban J connectivity index is 4.22. The molecule has 154 valence electrons. The van der Waals surface area contributed by atoms with Gasteiger partial charge in [0, 0.05) is 16.4 Å². The van der Waals surface area contributed by atoms with Crippen LogP contribution in [0.1, 0.15) is 134 Å². The van der Waals surface area contributed by atoms with E-state index in [0.717, 1.165) is 51.4 Å². The van der Waals surface area contributed by atoms with Crippen LogP contribution in [0.5, 0.6) is 0 Å². The average molecular weight is 383 g/mol. The lowest BCUT2D eigenvalue weighted by Gasteiger charge is -2.18. The number of aliphatic carboxylic acids is 2. The van der Waals surface area contributed by atoms with Gasteiger partial charge in [0.05, 0.1) is 10.8 Å². The molecule has 0 aromatic heterocycles. The molecule has 0 saturated heterocycles. The highest BCUT2D eigenvalue weighted by atomic mass is 16.4. The van der Waals surface area contributed by atoms with Crippen LogP contribution < -0.4 is 0 Å². The highest BCUT2D eigenvalue weighted by molar-refractivity contribution is 5.73. The first kappa shape index (κ1) is 11.1. The zero-order valence-corrected chi connectivity index (χ0v) is 15.6. The molecule has 0 heterocycles. The molecule has 0 fully saturated rings. The maximum absolute atomic E-state index is 11.6. The zero-order valence-electron chi connectivity index (χ0n) is 27.6. The molecule has 0 rings (SSSR count). The summed E-state index contributed by atoms with van der Waals surface area (Å²) in [6.07, 6.45) is 7.46. The molecule has 4 nitrogen and oxygen atoms in total. The molecule has 0 saturated carbocycles. The first-order chi connectivity index (χ1) is 17.1. The van der Waals surface area contributed by atoms with Crippen LogP contribution in [0.4, 0.5) is 0 Å². The van der Waals surface area contributed by atoms with E-state index in [1.54, 1.807) is 0 Å². The second-order valence-corrected chi connectivity index (χ2v) is 7.16. The van der Waals surface area contributed by atoms with Gasteiger partial charge in [-0.25, -0.2) is 0 Å². The summed E-state index contributed by atoms with van der Waals surface area (Å²) >= 11 is 0. The smallest absolute Gasteiger partial charge is 0.309 e. The van der Waals surface area contributed by atoms with E-state index in [9.17, 15) is 19.8 Å². The van der Waals surface area contributed by atoms with Crippen LogP contribution >= 0.6 is 0 Å². The van der Waals surface area contributed by atoms with Gasteiger partial charge in [0.1, 0.15) is 0 Å². The van der Waals surface area contributed by atoms with Crippen molar-refractivity contribution < 1.29 is 36.3 Å². The minimum Gasteiger partial charge on any atom is -0.481 e. The van der Waals surface area contributed by atoms with Crippen LogP contribution in [0.3, 0.4) is 0 Å². The highest BCUT2D eigenvalue weighted by Crippen LogP contribution is 2.25. The van der Waals surface area contributed by atoms with E-state index in [0.29, 0.717) is 12.8 Å². The van der Waals surface area contributed by atoms with Gasteiger partial charge in [-0.1, -0.05) is 77.0 Å². The number of unbranched alkanes of at least 4 members (excludes halogenated alkanes) is 11. The van der Waals surface area contributed by atoms with Crippen molar-refractivity contribution in [1.82, 2.24) is 0 Å². The second-order valence-electron chi connectivity index (χ2n) is 7.16. The van der Waals surface area contributed by atoms with E-state index in [2.05, 4.69) is 0 Å². The van der Waals surface area contributed by atoms with Gasteiger partial charge in [0.15, 0.2) is 0 Å². The molecule has 0 unspecified atom stereocenters. The van der Waals surface area contributed by atoms with Crippen molar-refractivity contribution in [3.05, 3.63) is 0 Å². The standard InChI is InChI=1S/C22H42O4/c1-21(2,19(23)24)17-15-13-11-9-7-5-6-8-10-12-14-16-18-22(3,4)20(25)26/h5-18H2,1-4H3,(H,23,24)(H,25,26)/i1D3,2D3,3D3,4D3. The lowest BCUT2D eigenvalue weighted by molar-refractivity contribution is -0.148. The Hall–Kier alpha value is -1.06. The van der Waals surface area contributed by atoms with E-state index in [1.807, 2.05) is 0 Å². The van der Waals surface area contributed by atoms with Crippen LogP contribution in [0.2, 0.25) is 0 Å². The van der Waals surface area contributed by atoms with Crippen molar-refractivity contribution in [2.75, 3.05) is 0 Å². The third-order valence-corrected chi connectivity index (χ3v) is 4.58. The quantitative estimate of drug-likeness (QED) is 0.275. The fourth-order valence-electron chi connectivity index (χ4n) is 2.76. The maximum atomic E-state index is 11.6. The number of hydrogen-bond donors (Lipinski definition) is 2. The largest absolute Gasteiger partial charge is 0.481 e. The molecule has 0 aliphatic heterocycles. The van der Waals surface area contributed by atoms with Gasteiger partial charge in [-0.05, 0) is 40.2 Å². The predicted octanol–water partition coefficient (Wildman–Crippen LogP) is 6.67. The van der Waals surface area contributed by atoms with Gasteiger partial charge >= 0.3 is 11.9 Å². The molecule has 0 atom stereocenters. The fourth-order valence-corrected chi connectivity index (χ4v) is 2.76. The molecule has 0 aliphatic rings. The number of hydrogen-bond acceptors (Lipinski definition) is 2. The van der Waals surface area contributed by atoms with Crippen molar-refractivity contribution >= 4 is 11.9 Å². The lowest BCUT2D eigenvalue weighted by atomic mass is 9.87. The molecule has 0 radical (unpaired) electrons. The van der Waals surface area contributed by atoms with Crippen LogP contribution in [0.15, 0.2) is 0 Å². The second kappa shape index (κ2) is 13.2. The molecule has 0 aromatic rings. The first-order valence-corrected chi connectivity index (χ1v) is 9.56. The number of carboxylic acids is 2. The van der Waals surface area contributed by atoms with Gasteiger partial charge in [0.25, 0.3) is 0 Å². The summed E-state index contributed by atoms with van der Waals surface area (Å²) in [5.74, 6) is -3.65. The van der Waals surface area contributed by atoms with E-state index in [4.69, 9.17) is 16.4 Å². The maximum Gasteiger partial charge on any atom is 0.309 e. The van der Waals surface area contributed by atoms with Crippen LogP contribution in [0.25, 0.3) is 0 Å². The molecule has 26 heavy (non-hydrogen) atoms. The number of rotatable bonds is 17. The molecule has 0 spiro atoms. The van der Waals surface area contributed by atoms with Gasteiger partial charge < -0.3 is 10.2 Å². The highest BCUT2D eigenvalue weighted by Gasteiger charge is 2.26. The summed E-state index contributed by atoms with van der Waals surface area (Å²) in [6.45, 7) is -12.6. The third kappa shape index (κ3) is 12.3. The molecule has 0 bridgehead atoms. The Bertz CT molecular complexity index is 649. The summed E-state index contributed by atoms with van der Waals surface area (Å²) in [7, 11) is 0. The van der Waals surface area contributed by atoms with Crippen molar-refractivity contribution in [2.24, 2.45) is 10.8 Å². The molecule has 0 aromatic carbocycles. The summed E-state index contributed by atoms with van der Waals surface area (Å²) in [5, 5.41) is 18.8. The van der Waals surface area contributed by atoms with Crippen molar-refractivity contribution in [1.29, 1.82) is 0 Å². The molecular weight excluding hydrogens is 328 g/mol. The predicted molar refractivity (Wildman–Crippen MR) is 107 cm³/mol. The molecule has 4 heteroatoms. The number of carboxylic acid groups (broad SMARTS) is 2. The monoisotopic (exact) mass is 382 g/mol. The van der Waals surface area contributed by atoms with Crippen molar-refractivity contribution in [3.8, 4) is 0 Å². The number of carbonyl (C=O) groups is 2. The van der Waals surface area contributed by atoms with Gasteiger partial charge in [-0.2, -0.15) is 0 Å². The zero-order chi connectivity index (χ0) is 30.1. The molecule has 0 amide bonds. The first-order valence-electron chi connectivity index (χ1n) is 15.6. The third-order valence-electron chi connectivity index (χ3n) is 4.58. The average Bonchev–Trinajstić information content (AvgIpc) is 2.68. The lowest BCUT2D eigenvalue weighted by Crippen LogP contribution is -2.23. The van der Waals surface area contributed by atoms with Crippen LogP contribution in [-0.4, -0.2) is 22.2 Å². The minimum absolute atomic E-state index is 0.190. The van der Waals surface area contributed by atoms with Crippen LogP contribution in [0, 0.1) is 10.8 Å². The van der Waals surface area contributed by atoms with E-state index >= 15 is 0 Å². The summed E-state index contributed by atoms with van der Waals surface area (Å²) in [5.41, 5.74) is -5.54. The van der Waals surface area contributed by atoms with E-state index < -0.39 is 63.0 Å².